The summed E-state index contributed by atoms with van der Waals surface area (Å²) < 4.78 is 33.6. The van der Waals surface area contributed by atoms with Gasteiger partial charge >= 0.3 is 0 Å². The number of fused-ring (bicyclic) bond motifs is 1. The average molecular weight is 417 g/mol. The van der Waals surface area contributed by atoms with Gasteiger partial charge in [-0.25, -0.2) is 8.42 Å². The van der Waals surface area contributed by atoms with E-state index in [1.54, 1.807) is 6.07 Å². The van der Waals surface area contributed by atoms with Crippen molar-refractivity contribution in [3.05, 3.63) is 51.5 Å². The van der Waals surface area contributed by atoms with Gasteiger partial charge in [0.05, 0.1) is 22.7 Å². The molecule has 0 saturated carbocycles. The van der Waals surface area contributed by atoms with E-state index < -0.39 is 10.0 Å². The molecule has 1 unspecified atom stereocenters. The maximum atomic E-state index is 13.1. The summed E-state index contributed by atoms with van der Waals surface area (Å²) in [6.45, 7) is 1.90. The van der Waals surface area contributed by atoms with Crippen LogP contribution in [0.15, 0.2) is 45.8 Å². The van der Waals surface area contributed by atoms with Crippen molar-refractivity contribution in [2.75, 3.05) is 11.4 Å². The van der Waals surface area contributed by atoms with Crippen LogP contribution in [0.5, 0.6) is 5.75 Å². The van der Waals surface area contributed by atoms with E-state index in [0.717, 1.165) is 10.0 Å². The Morgan fingerprint density at radius 3 is 2.65 bits per heavy atom. The van der Waals surface area contributed by atoms with Crippen LogP contribution in [0, 0.1) is 0 Å². The minimum Gasteiger partial charge on any atom is -0.495 e. The van der Waals surface area contributed by atoms with Crippen LogP contribution in [0.2, 0.25) is 5.02 Å². The molecule has 0 amide bonds. The van der Waals surface area contributed by atoms with Crippen LogP contribution in [-0.4, -0.2) is 21.6 Å². The summed E-state index contributed by atoms with van der Waals surface area (Å²) in [4.78, 5) is 0.158. The summed E-state index contributed by atoms with van der Waals surface area (Å²) in [5, 5.41) is 0.274. The number of benzene rings is 2. The molecule has 7 heteroatoms. The number of halogens is 2. The van der Waals surface area contributed by atoms with E-state index in [2.05, 4.69) is 15.9 Å². The molecule has 1 heterocycles. The van der Waals surface area contributed by atoms with Gasteiger partial charge in [0.2, 0.25) is 0 Å². The summed E-state index contributed by atoms with van der Waals surface area (Å²) in [7, 11) is -2.19. The molecule has 0 radical (unpaired) electrons. The number of anilines is 1. The van der Waals surface area contributed by atoms with Gasteiger partial charge in [-0.15, -0.1) is 0 Å². The predicted molar refractivity (Wildman–Crippen MR) is 95.0 cm³/mol. The zero-order valence-electron chi connectivity index (χ0n) is 12.6. The zero-order chi connectivity index (χ0) is 16.8. The van der Waals surface area contributed by atoms with Crippen LogP contribution >= 0.6 is 27.5 Å². The number of methoxy groups -OCH3 is 1. The fourth-order valence-corrected chi connectivity index (χ4v) is 5.31. The minimum atomic E-state index is -3.68. The summed E-state index contributed by atoms with van der Waals surface area (Å²) in [5.74, 6) is 0.449. The summed E-state index contributed by atoms with van der Waals surface area (Å²) >= 11 is 9.51. The Morgan fingerprint density at radius 1 is 1.26 bits per heavy atom. The summed E-state index contributed by atoms with van der Waals surface area (Å²) in [6, 6.07) is 10.0. The molecule has 4 nitrogen and oxygen atoms in total. The van der Waals surface area contributed by atoms with Gasteiger partial charge in [0.1, 0.15) is 5.75 Å². The standard InChI is InChI=1S/C16H15BrClNO3S/c1-10-7-11-8-12(17)3-5-15(11)19(10)23(20,21)13-4-6-16(22-2)14(18)9-13/h3-6,8-10H,7H2,1-2H3. The molecule has 0 N–H and O–H groups in total. The number of sulfonamides is 1. The molecule has 1 atom stereocenters. The fourth-order valence-electron chi connectivity index (χ4n) is 2.86. The zero-order valence-corrected chi connectivity index (χ0v) is 15.7. The van der Waals surface area contributed by atoms with Crippen molar-refractivity contribution in [2.24, 2.45) is 0 Å². The summed E-state index contributed by atoms with van der Waals surface area (Å²) in [6.07, 6.45) is 0.678. The van der Waals surface area contributed by atoms with Crippen LogP contribution in [0.1, 0.15) is 12.5 Å². The van der Waals surface area contributed by atoms with Crippen LogP contribution in [-0.2, 0) is 16.4 Å². The molecule has 0 saturated heterocycles. The highest BCUT2D eigenvalue weighted by molar-refractivity contribution is 9.10. The van der Waals surface area contributed by atoms with E-state index in [1.807, 2.05) is 25.1 Å². The second-order valence-electron chi connectivity index (χ2n) is 5.42. The first-order chi connectivity index (χ1) is 10.8. The number of hydrogen-bond donors (Lipinski definition) is 0. The predicted octanol–water partition coefficient (Wildman–Crippen LogP) is 4.25. The first kappa shape index (κ1) is 16.6. The van der Waals surface area contributed by atoms with Crippen molar-refractivity contribution < 1.29 is 13.2 Å². The topological polar surface area (TPSA) is 46.6 Å². The molecule has 1 aliphatic rings. The normalized spacial score (nSPS) is 17.2. The van der Waals surface area contributed by atoms with Crippen molar-refractivity contribution in [1.82, 2.24) is 0 Å². The Morgan fingerprint density at radius 2 is 2.00 bits per heavy atom. The second kappa shape index (κ2) is 6.00. The first-order valence-corrected chi connectivity index (χ1v) is 9.62. The molecule has 2 aromatic carbocycles. The Hall–Kier alpha value is -1.24. The smallest absolute Gasteiger partial charge is 0.264 e. The van der Waals surface area contributed by atoms with Crippen molar-refractivity contribution in [2.45, 2.75) is 24.3 Å². The molecule has 122 valence electrons. The van der Waals surface area contributed by atoms with E-state index >= 15 is 0 Å². The minimum absolute atomic E-state index is 0.148. The SMILES string of the molecule is COc1ccc(S(=O)(=O)N2c3ccc(Br)cc3CC2C)cc1Cl. The van der Waals surface area contributed by atoms with Gasteiger partial charge in [-0.1, -0.05) is 27.5 Å². The van der Waals surface area contributed by atoms with Crippen molar-refractivity contribution in [1.29, 1.82) is 0 Å². The Balaban J connectivity index is 2.09. The molecule has 0 aliphatic carbocycles. The van der Waals surface area contributed by atoms with Crippen LogP contribution in [0.25, 0.3) is 0 Å². The van der Waals surface area contributed by atoms with Crippen LogP contribution in [0.3, 0.4) is 0 Å². The lowest BCUT2D eigenvalue weighted by Crippen LogP contribution is -2.35. The lowest BCUT2D eigenvalue weighted by Gasteiger charge is -2.24. The molecule has 0 bridgehead atoms. The molecule has 3 rings (SSSR count). The Labute approximate surface area is 149 Å². The third-order valence-electron chi connectivity index (χ3n) is 3.87. The van der Waals surface area contributed by atoms with E-state index in [9.17, 15) is 8.42 Å². The highest BCUT2D eigenvalue weighted by Gasteiger charge is 2.36. The van der Waals surface area contributed by atoms with Crippen LogP contribution < -0.4 is 9.04 Å². The average Bonchev–Trinajstić information content (AvgIpc) is 2.82. The van der Waals surface area contributed by atoms with Gasteiger partial charge in [-0.3, -0.25) is 4.31 Å². The van der Waals surface area contributed by atoms with Crippen LogP contribution in [0.4, 0.5) is 5.69 Å². The van der Waals surface area contributed by atoms with E-state index in [1.165, 1.54) is 23.5 Å². The third-order valence-corrected chi connectivity index (χ3v) is 6.59. The molecule has 0 fully saturated rings. The lowest BCUT2D eigenvalue weighted by molar-refractivity contribution is 0.414. The van der Waals surface area contributed by atoms with E-state index in [0.29, 0.717) is 17.9 Å². The Bertz CT molecular complexity index is 870. The maximum Gasteiger partial charge on any atom is 0.264 e. The van der Waals surface area contributed by atoms with Gasteiger partial charge in [-0.2, -0.15) is 0 Å². The lowest BCUT2D eigenvalue weighted by atomic mass is 10.1. The van der Waals surface area contributed by atoms with Gasteiger partial charge < -0.3 is 4.74 Å². The van der Waals surface area contributed by atoms with E-state index in [4.69, 9.17) is 16.3 Å². The van der Waals surface area contributed by atoms with Gasteiger partial charge in [0.25, 0.3) is 10.0 Å². The van der Waals surface area contributed by atoms with Crippen molar-refractivity contribution in [3.8, 4) is 5.75 Å². The maximum absolute atomic E-state index is 13.1. The largest absolute Gasteiger partial charge is 0.495 e. The molecule has 0 spiro atoms. The van der Waals surface area contributed by atoms with Gasteiger partial charge in [0, 0.05) is 10.5 Å². The number of rotatable bonds is 3. The number of ether oxygens (including phenoxy) is 1. The van der Waals surface area contributed by atoms with Crippen molar-refractivity contribution >= 4 is 43.2 Å². The third kappa shape index (κ3) is 2.84. The summed E-state index contributed by atoms with van der Waals surface area (Å²) in [5.41, 5.74) is 1.72. The highest BCUT2D eigenvalue weighted by atomic mass is 79.9. The Kier molecular flexibility index (Phi) is 4.33. The molecular formula is C16H15BrClNO3S. The van der Waals surface area contributed by atoms with Crippen molar-refractivity contribution in [3.63, 3.8) is 0 Å². The van der Waals surface area contributed by atoms with Gasteiger partial charge in [-0.05, 0) is 55.3 Å². The molecule has 2 aromatic rings. The monoisotopic (exact) mass is 415 g/mol. The number of nitrogens with zero attached hydrogens (tertiary/aromatic N) is 1. The molecule has 1 aliphatic heterocycles. The molecule has 23 heavy (non-hydrogen) atoms. The highest BCUT2D eigenvalue weighted by Crippen LogP contribution is 2.39. The molecule has 0 aromatic heterocycles. The van der Waals surface area contributed by atoms with E-state index in [-0.39, 0.29) is 16.0 Å². The first-order valence-electron chi connectivity index (χ1n) is 7.01. The number of hydrogen-bond acceptors (Lipinski definition) is 3. The van der Waals surface area contributed by atoms with Gasteiger partial charge in [0.15, 0.2) is 0 Å². The molecular weight excluding hydrogens is 402 g/mol. The fraction of sp³-hybridized carbons (Fsp3) is 0.250. The second-order valence-corrected chi connectivity index (χ2v) is 8.56. The quantitative estimate of drug-likeness (QED) is 0.751.